The summed E-state index contributed by atoms with van der Waals surface area (Å²) in [6.07, 6.45) is 0. The van der Waals surface area contributed by atoms with E-state index >= 15 is 0 Å². The van der Waals surface area contributed by atoms with Crippen molar-refractivity contribution < 1.29 is 9.53 Å². The van der Waals surface area contributed by atoms with Crippen molar-refractivity contribution in [2.45, 2.75) is 13.5 Å². The average molecular weight is 247 g/mol. The third-order valence-corrected chi connectivity index (χ3v) is 3.21. The van der Waals surface area contributed by atoms with Gasteiger partial charge in [-0.15, -0.1) is 11.3 Å². The minimum absolute atomic E-state index is 0.0349. The highest BCUT2D eigenvalue weighted by atomic mass is 32.1. The number of ether oxygens (including phenoxy) is 1. The van der Waals surface area contributed by atoms with Gasteiger partial charge in [-0.25, -0.2) is 0 Å². The lowest BCUT2D eigenvalue weighted by atomic mass is 10.1. The standard InChI is InChI=1S/C13H13NO2S/c1-9(15)12-5-4-10(7-13(12)14)16-8-11-3-2-6-17-11/h2-7H,8,14H2,1H3. The molecule has 0 amide bonds. The van der Waals surface area contributed by atoms with Crippen molar-refractivity contribution in [2.24, 2.45) is 0 Å². The third-order valence-electron chi connectivity index (χ3n) is 2.36. The van der Waals surface area contributed by atoms with E-state index < -0.39 is 0 Å². The van der Waals surface area contributed by atoms with Gasteiger partial charge >= 0.3 is 0 Å². The fourth-order valence-corrected chi connectivity index (χ4v) is 2.12. The van der Waals surface area contributed by atoms with Gasteiger partial charge in [-0.3, -0.25) is 4.79 Å². The van der Waals surface area contributed by atoms with E-state index in [0.717, 1.165) is 4.88 Å². The van der Waals surface area contributed by atoms with Crippen LogP contribution in [0.1, 0.15) is 22.2 Å². The van der Waals surface area contributed by atoms with Crippen LogP contribution in [0.25, 0.3) is 0 Å². The molecule has 0 spiro atoms. The Morgan fingerprint density at radius 1 is 1.41 bits per heavy atom. The number of nitrogens with two attached hydrogens (primary N) is 1. The smallest absolute Gasteiger partial charge is 0.161 e. The molecule has 1 heterocycles. The molecular weight excluding hydrogens is 234 g/mol. The lowest BCUT2D eigenvalue weighted by Crippen LogP contribution is -2.00. The first kappa shape index (κ1) is 11.7. The zero-order chi connectivity index (χ0) is 12.3. The van der Waals surface area contributed by atoms with Crippen LogP contribution in [0.2, 0.25) is 0 Å². The van der Waals surface area contributed by atoms with Crippen LogP contribution in [0, 0.1) is 0 Å². The van der Waals surface area contributed by atoms with Crippen LogP contribution in [0.15, 0.2) is 35.7 Å². The van der Waals surface area contributed by atoms with Gasteiger partial charge in [0.15, 0.2) is 5.78 Å². The highest BCUT2D eigenvalue weighted by Crippen LogP contribution is 2.22. The van der Waals surface area contributed by atoms with E-state index in [1.807, 2.05) is 17.5 Å². The Hall–Kier alpha value is -1.81. The maximum atomic E-state index is 11.2. The molecular formula is C13H13NO2S. The van der Waals surface area contributed by atoms with E-state index in [9.17, 15) is 4.79 Å². The Bertz CT molecular complexity index is 520. The molecule has 0 aliphatic rings. The number of thiophene rings is 1. The Balaban J connectivity index is 2.07. The summed E-state index contributed by atoms with van der Waals surface area (Å²) in [6.45, 7) is 2.02. The third kappa shape index (κ3) is 2.85. The SMILES string of the molecule is CC(=O)c1ccc(OCc2cccs2)cc1N. The maximum absolute atomic E-state index is 11.2. The number of ketones is 1. The van der Waals surface area contributed by atoms with E-state index in [1.165, 1.54) is 6.92 Å². The molecule has 0 radical (unpaired) electrons. The first-order valence-corrected chi connectivity index (χ1v) is 6.10. The molecule has 0 atom stereocenters. The number of carbonyl (C=O) groups excluding carboxylic acids is 1. The second-order valence-corrected chi connectivity index (χ2v) is 4.71. The Labute approximate surface area is 104 Å². The minimum Gasteiger partial charge on any atom is -0.488 e. The van der Waals surface area contributed by atoms with Gasteiger partial charge in [0, 0.05) is 22.2 Å². The van der Waals surface area contributed by atoms with Gasteiger partial charge in [0.2, 0.25) is 0 Å². The number of carbonyl (C=O) groups is 1. The number of hydrogen-bond donors (Lipinski definition) is 1. The molecule has 0 unspecified atom stereocenters. The van der Waals surface area contributed by atoms with Crippen molar-refractivity contribution in [1.29, 1.82) is 0 Å². The van der Waals surface area contributed by atoms with E-state index in [1.54, 1.807) is 29.5 Å². The van der Waals surface area contributed by atoms with Crippen molar-refractivity contribution in [2.75, 3.05) is 5.73 Å². The summed E-state index contributed by atoms with van der Waals surface area (Å²) in [5, 5.41) is 2.01. The number of benzene rings is 1. The summed E-state index contributed by atoms with van der Waals surface area (Å²) in [5.41, 5.74) is 6.77. The summed E-state index contributed by atoms with van der Waals surface area (Å²) in [5.74, 6) is 0.646. The zero-order valence-electron chi connectivity index (χ0n) is 9.47. The highest BCUT2D eigenvalue weighted by molar-refractivity contribution is 7.09. The fourth-order valence-electron chi connectivity index (χ4n) is 1.50. The van der Waals surface area contributed by atoms with Crippen LogP contribution >= 0.6 is 11.3 Å². The Kier molecular flexibility index (Phi) is 3.44. The van der Waals surface area contributed by atoms with Crippen molar-refractivity contribution in [1.82, 2.24) is 0 Å². The fraction of sp³-hybridized carbons (Fsp3) is 0.154. The molecule has 2 N–H and O–H groups in total. The summed E-state index contributed by atoms with van der Waals surface area (Å²) < 4.78 is 5.59. The summed E-state index contributed by atoms with van der Waals surface area (Å²) in [4.78, 5) is 12.4. The normalized spacial score (nSPS) is 10.2. The van der Waals surface area contributed by atoms with Crippen LogP contribution in [-0.4, -0.2) is 5.78 Å². The molecule has 2 aromatic rings. The van der Waals surface area contributed by atoms with Crippen molar-refractivity contribution >= 4 is 22.8 Å². The molecule has 0 bridgehead atoms. The largest absolute Gasteiger partial charge is 0.488 e. The predicted octanol–water partition coefficient (Wildman–Crippen LogP) is 3.11. The average Bonchev–Trinajstić information content (AvgIpc) is 2.78. The quantitative estimate of drug-likeness (QED) is 0.667. The van der Waals surface area contributed by atoms with Crippen molar-refractivity contribution in [3.8, 4) is 5.75 Å². The van der Waals surface area contributed by atoms with Gasteiger partial charge in [0.25, 0.3) is 0 Å². The second kappa shape index (κ2) is 5.01. The molecule has 0 fully saturated rings. The highest BCUT2D eigenvalue weighted by Gasteiger charge is 2.06. The number of Topliss-reactive ketones (excluding diaryl/α,β-unsaturated/α-hetero) is 1. The lowest BCUT2D eigenvalue weighted by molar-refractivity contribution is 0.101. The first-order chi connectivity index (χ1) is 8.16. The molecule has 0 aliphatic carbocycles. The second-order valence-electron chi connectivity index (χ2n) is 3.67. The number of rotatable bonds is 4. The zero-order valence-corrected chi connectivity index (χ0v) is 10.3. The molecule has 2 rings (SSSR count). The summed E-state index contributed by atoms with van der Waals surface area (Å²) >= 11 is 1.64. The van der Waals surface area contributed by atoms with Gasteiger partial charge < -0.3 is 10.5 Å². The summed E-state index contributed by atoms with van der Waals surface area (Å²) in [6, 6.07) is 9.14. The van der Waals surface area contributed by atoms with Gasteiger partial charge in [-0.1, -0.05) is 6.07 Å². The molecule has 4 heteroatoms. The predicted molar refractivity (Wildman–Crippen MR) is 69.5 cm³/mol. The molecule has 0 saturated heterocycles. The Morgan fingerprint density at radius 2 is 2.24 bits per heavy atom. The molecule has 0 aliphatic heterocycles. The van der Waals surface area contributed by atoms with Gasteiger partial charge in [0.1, 0.15) is 12.4 Å². The van der Waals surface area contributed by atoms with Crippen LogP contribution in [0.3, 0.4) is 0 Å². The molecule has 3 nitrogen and oxygen atoms in total. The topological polar surface area (TPSA) is 52.3 Å². The van der Waals surface area contributed by atoms with Crippen LogP contribution < -0.4 is 10.5 Å². The number of nitrogen functional groups attached to an aromatic ring is 1. The minimum atomic E-state index is -0.0349. The number of anilines is 1. The molecule has 1 aromatic heterocycles. The first-order valence-electron chi connectivity index (χ1n) is 5.22. The molecule has 88 valence electrons. The number of hydrogen-bond acceptors (Lipinski definition) is 4. The van der Waals surface area contributed by atoms with Crippen molar-refractivity contribution in [3.05, 3.63) is 46.2 Å². The van der Waals surface area contributed by atoms with Gasteiger partial charge in [0.05, 0.1) is 0 Å². The van der Waals surface area contributed by atoms with E-state index in [4.69, 9.17) is 10.5 Å². The van der Waals surface area contributed by atoms with Crippen LogP contribution in [-0.2, 0) is 6.61 Å². The lowest BCUT2D eigenvalue weighted by Gasteiger charge is -2.07. The molecule has 0 saturated carbocycles. The van der Waals surface area contributed by atoms with E-state index in [0.29, 0.717) is 23.6 Å². The Morgan fingerprint density at radius 3 is 2.82 bits per heavy atom. The van der Waals surface area contributed by atoms with E-state index in [-0.39, 0.29) is 5.78 Å². The van der Waals surface area contributed by atoms with E-state index in [2.05, 4.69) is 0 Å². The maximum Gasteiger partial charge on any atom is 0.161 e. The van der Waals surface area contributed by atoms with Gasteiger partial charge in [-0.2, -0.15) is 0 Å². The van der Waals surface area contributed by atoms with Crippen LogP contribution in [0.5, 0.6) is 5.75 Å². The monoisotopic (exact) mass is 247 g/mol. The van der Waals surface area contributed by atoms with Gasteiger partial charge in [-0.05, 0) is 30.5 Å². The summed E-state index contributed by atoms with van der Waals surface area (Å²) in [7, 11) is 0. The molecule has 17 heavy (non-hydrogen) atoms. The van der Waals surface area contributed by atoms with Crippen LogP contribution in [0.4, 0.5) is 5.69 Å². The van der Waals surface area contributed by atoms with Crippen molar-refractivity contribution in [3.63, 3.8) is 0 Å². The molecule has 1 aromatic carbocycles.